The number of nitrogen functional groups attached to an aromatic ring is 1. The van der Waals surface area contributed by atoms with Gasteiger partial charge in [-0.3, -0.25) is 9.36 Å². The summed E-state index contributed by atoms with van der Waals surface area (Å²) >= 11 is 0. The maximum atomic E-state index is 12.4. The molecule has 0 unspecified atom stereocenters. The minimum Gasteiger partial charge on any atom is -0.508 e. The number of imidazole rings is 1. The first-order valence-electron chi connectivity index (χ1n) is 9.97. The lowest BCUT2D eigenvalue weighted by molar-refractivity contribution is 0.100. The Morgan fingerprint density at radius 2 is 1.84 bits per heavy atom. The summed E-state index contributed by atoms with van der Waals surface area (Å²) in [6.45, 7) is 3.66. The molecule has 5 N–H and O–H groups in total. The zero-order valence-electron chi connectivity index (χ0n) is 17.8. The average molecular weight is 427 g/mol. The zero-order valence-corrected chi connectivity index (χ0v) is 17.8. The van der Waals surface area contributed by atoms with Gasteiger partial charge in [-0.25, -0.2) is 15.0 Å². The van der Waals surface area contributed by atoms with Gasteiger partial charge < -0.3 is 21.1 Å². The summed E-state index contributed by atoms with van der Waals surface area (Å²) in [4.78, 5) is 26.3. The fraction of sp³-hybridized carbons (Fsp3) is 0.130. The summed E-state index contributed by atoms with van der Waals surface area (Å²) in [6.07, 6.45) is 1.59. The van der Waals surface area contributed by atoms with Crippen LogP contribution in [-0.4, -0.2) is 35.1 Å². The van der Waals surface area contributed by atoms with Gasteiger partial charge in [-0.2, -0.15) is 0 Å². The van der Waals surface area contributed by atoms with Gasteiger partial charge in [0.05, 0.1) is 22.9 Å². The van der Waals surface area contributed by atoms with Crippen LogP contribution in [0.2, 0.25) is 0 Å². The molecule has 0 bridgehead atoms. The zero-order chi connectivity index (χ0) is 22.7. The van der Waals surface area contributed by atoms with Crippen molar-refractivity contribution < 1.29 is 9.90 Å². The molecule has 1 amide bonds. The predicted octanol–water partition coefficient (Wildman–Crippen LogP) is 2.98. The van der Waals surface area contributed by atoms with Crippen molar-refractivity contribution in [3.63, 3.8) is 0 Å². The molecular formula is C23H21N7O2. The summed E-state index contributed by atoms with van der Waals surface area (Å²) in [5.74, 6) is 0.119. The highest BCUT2D eigenvalue weighted by Crippen LogP contribution is 2.35. The van der Waals surface area contributed by atoms with Crippen LogP contribution >= 0.6 is 0 Å². The van der Waals surface area contributed by atoms with Crippen molar-refractivity contribution in [2.75, 3.05) is 5.73 Å². The monoisotopic (exact) mass is 427 g/mol. The maximum absolute atomic E-state index is 12.4. The molecule has 9 nitrogen and oxygen atoms in total. The normalized spacial score (nSPS) is 11.5. The van der Waals surface area contributed by atoms with Crippen molar-refractivity contribution >= 4 is 33.9 Å². The number of aromatic hydroxyl groups is 1. The van der Waals surface area contributed by atoms with E-state index in [1.807, 2.05) is 42.8 Å². The fourth-order valence-corrected chi connectivity index (χ4v) is 4.18. The Hall–Kier alpha value is -4.40. The van der Waals surface area contributed by atoms with Gasteiger partial charge in [-0.1, -0.05) is 18.2 Å². The number of carbonyl (C=O) groups is 1. The molecule has 0 saturated heterocycles. The molecule has 32 heavy (non-hydrogen) atoms. The Morgan fingerprint density at radius 3 is 2.56 bits per heavy atom. The molecule has 0 aliphatic heterocycles. The number of aryl methyl sites for hydroxylation is 2. The lowest BCUT2D eigenvalue weighted by Crippen LogP contribution is -2.14. The number of carbonyl (C=O) groups excluding carboxylic acids is 1. The van der Waals surface area contributed by atoms with Crippen LogP contribution in [0.3, 0.4) is 0 Å². The number of amides is 1. The minimum atomic E-state index is -0.710. The van der Waals surface area contributed by atoms with Crippen LogP contribution in [0.15, 0.2) is 42.6 Å². The van der Waals surface area contributed by atoms with Crippen molar-refractivity contribution in [3.05, 3.63) is 59.3 Å². The summed E-state index contributed by atoms with van der Waals surface area (Å²) < 4.78 is 3.53. The van der Waals surface area contributed by atoms with Crippen LogP contribution in [0.1, 0.15) is 21.5 Å². The van der Waals surface area contributed by atoms with E-state index in [9.17, 15) is 9.90 Å². The van der Waals surface area contributed by atoms with Crippen molar-refractivity contribution in [1.82, 2.24) is 24.1 Å². The Morgan fingerprint density at radius 1 is 1.09 bits per heavy atom. The van der Waals surface area contributed by atoms with Crippen LogP contribution in [0.5, 0.6) is 5.75 Å². The first kappa shape index (κ1) is 19.6. The lowest BCUT2D eigenvalue weighted by Gasteiger charge is -2.15. The lowest BCUT2D eigenvalue weighted by atomic mass is 10.1. The second-order valence-electron chi connectivity index (χ2n) is 7.75. The van der Waals surface area contributed by atoms with Crippen molar-refractivity contribution in [3.8, 4) is 23.0 Å². The van der Waals surface area contributed by atoms with E-state index in [1.54, 1.807) is 29.8 Å². The standard InChI is InChI=1S/C23H21N7O2/c1-11-8-9-16(31)12(2)19(11)30-20(24)17(21(25)32)18-23(30)26-10-14(27-18)22-28-13-6-4-5-7-15(13)29(22)3/h4-10,31H,24H2,1-3H3,(H2,25,32). The first-order chi connectivity index (χ1) is 15.3. The number of rotatable bonds is 3. The number of aromatic nitrogens is 5. The molecule has 0 aliphatic carbocycles. The van der Waals surface area contributed by atoms with Gasteiger partial charge in [0.15, 0.2) is 11.5 Å². The molecule has 0 saturated carbocycles. The molecule has 9 heteroatoms. The number of benzene rings is 2. The molecule has 0 aliphatic rings. The molecule has 3 heterocycles. The van der Waals surface area contributed by atoms with E-state index in [4.69, 9.17) is 16.5 Å². The molecule has 0 fully saturated rings. The van der Waals surface area contributed by atoms with Crippen molar-refractivity contribution in [2.45, 2.75) is 13.8 Å². The van der Waals surface area contributed by atoms with Crippen LogP contribution in [0.25, 0.3) is 39.4 Å². The number of nitrogens with zero attached hydrogens (tertiary/aromatic N) is 5. The van der Waals surface area contributed by atoms with E-state index >= 15 is 0 Å². The number of anilines is 1. The number of para-hydroxylation sites is 2. The Kier molecular flexibility index (Phi) is 4.16. The van der Waals surface area contributed by atoms with Gasteiger partial charge >= 0.3 is 0 Å². The molecule has 2 aromatic carbocycles. The van der Waals surface area contributed by atoms with Gasteiger partial charge in [0.2, 0.25) is 0 Å². The van der Waals surface area contributed by atoms with E-state index in [0.717, 1.165) is 16.6 Å². The minimum absolute atomic E-state index is 0.0789. The smallest absolute Gasteiger partial charge is 0.254 e. The van der Waals surface area contributed by atoms with Crippen LogP contribution in [0.4, 0.5) is 5.82 Å². The number of hydrogen-bond acceptors (Lipinski definition) is 6. The molecular weight excluding hydrogens is 406 g/mol. The molecule has 3 aromatic heterocycles. The van der Waals surface area contributed by atoms with E-state index in [-0.39, 0.29) is 22.6 Å². The average Bonchev–Trinajstić information content (AvgIpc) is 3.25. The van der Waals surface area contributed by atoms with Crippen LogP contribution in [0, 0.1) is 13.8 Å². The van der Waals surface area contributed by atoms with Gasteiger partial charge in [-0.15, -0.1) is 0 Å². The van der Waals surface area contributed by atoms with E-state index in [2.05, 4.69) is 9.97 Å². The van der Waals surface area contributed by atoms with Gasteiger partial charge in [0.25, 0.3) is 5.91 Å². The summed E-state index contributed by atoms with van der Waals surface area (Å²) in [5, 5.41) is 10.3. The highest BCUT2D eigenvalue weighted by Gasteiger charge is 2.26. The molecule has 0 radical (unpaired) electrons. The Bertz CT molecular complexity index is 1560. The summed E-state index contributed by atoms with van der Waals surface area (Å²) in [6, 6.07) is 11.1. The quantitative estimate of drug-likeness (QED) is 0.405. The Balaban J connectivity index is 1.83. The van der Waals surface area contributed by atoms with E-state index in [1.165, 1.54) is 0 Å². The number of fused-ring (bicyclic) bond motifs is 2. The van der Waals surface area contributed by atoms with Gasteiger partial charge in [-0.05, 0) is 37.6 Å². The summed E-state index contributed by atoms with van der Waals surface area (Å²) in [5.41, 5.74) is 17.2. The molecule has 5 aromatic rings. The first-order valence-corrected chi connectivity index (χ1v) is 9.97. The van der Waals surface area contributed by atoms with E-state index < -0.39 is 5.91 Å². The largest absolute Gasteiger partial charge is 0.508 e. The topological polar surface area (TPSA) is 138 Å². The van der Waals surface area contributed by atoms with Crippen molar-refractivity contribution in [2.24, 2.45) is 12.8 Å². The van der Waals surface area contributed by atoms with Crippen LogP contribution in [-0.2, 0) is 7.05 Å². The second kappa shape index (κ2) is 6.81. The molecule has 0 atom stereocenters. The van der Waals surface area contributed by atoms with Gasteiger partial charge in [0.1, 0.15) is 28.3 Å². The number of hydrogen-bond donors (Lipinski definition) is 3. The van der Waals surface area contributed by atoms with Crippen molar-refractivity contribution in [1.29, 1.82) is 0 Å². The highest BCUT2D eigenvalue weighted by molar-refractivity contribution is 6.09. The van der Waals surface area contributed by atoms with Crippen LogP contribution < -0.4 is 11.5 Å². The summed E-state index contributed by atoms with van der Waals surface area (Å²) in [7, 11) is 1.89. The number of phenols is 1. The second-order valence-corrected chi connectivity index (χ2v) is 7.75. The Labute approximate surface area is 183 Å². The fourth-order valence-electron chi connectivity index (χ4n) is 4.18. The SMILES string of the molecule is Cc1ccc(O)c(C)c1-n1c(N)c(C(N)=O)c2nc(-c3nc4ccccc4n3C)cnc21. The molecule has 0 spiro atoms. The van der Waals surface area contributed by atoms with E-state index in [0.29, 0.717) is 28.4 Å². The third-order valence-corrected chi connectivity index (χ3v) is 5.79. The third-order valence-electron chi connectivity index (χ3n) is 5.79. The number of primary amides is 1. The number of phenolic OH excluding ortho intramolecular Hbond substituents is 1. The number of nitrogens with two attached hydrogens (primary N) is 2. The highest BCUT2D eigenvalue weighted by atomic mass is 16.3. The van der Waals surface area contributed by atoms with Gasteiger partial charge in [0, 0.05) is 12.6 Å². The molecule has 5 rings (SSSR count). The molecule has 160 valence electrons. The predicted molar refractivity (Wildman–Crippen MR) is 123 cm³/mol. The maximum Gasteiger partial charge on any atom is 0.254 e. The third kappa shape index (κ3) is 2.64.